The Hall–Kier alpha value is 0.480. The maximum Gasteiger partial charge on any atom is 0.384 e. The molecule has 0 fully saturated rings. The number of hydrogen-bond acceptors (Lipinski definition) is 0. The Labute approximate surface area is 105 Å². The van der Waals surface area contributed by atoms with Gasteiger partial charge in [0.25, 0.3) is 0 Å². The third-order valence-electron chi connectivity index (χ3n) is 1.73. The van der Waals surface area contributed by atoms with Crippen LogP contribution in [0.15, 0.2) is 9.66 Å². The van der Waals surface area contributed by atoms with Gasteiger partial charge in [0.2, 0.25) is 0 Å². The summed E-state index contributed by atoms with van der Waals surface area (Å²) >= 11 is 5.95. The summed E-state index contributed by atoms with van der Waals surface area (Å²) in [5.41, 5.74) is 0. The van der Waals surface area contributed by atoms with Gasteiger partial charge in [-0.05, 0) is 44.2 Å². The molecule has 0 aromatic heterocycles. The van der Waals surface area contributed by atoms with Gasteiger partial charge in [-0.15, -0.1) is 0 Å². The first-order chi connectivity index (χ1) is 6.70. The van der Waals surface area contributed by atoms with Crippen LogP contribution in [0.5, 0.6) is 0 Å². The van der Waals surface area contributed by atoms with E-state index in [2.05, 4.69) is 11.6 Å². The van der Waals surface area contributed by atoms with Crippen LogP contribution in [-0.2, 0) is 0 Å². The first-order valence-electron chi connectivity index (χ1n) is 4.50. The summed E-state index contributed by atoms with van der Waals surface area (Å²) in [6, 6.07) is 0. The monoisotopic (exact) mass is 358 g/mol. The summed E-state index contributed by atoms with van der Waals surface area (Å²) in [7, 11) is 0. The molecule has 0 unspecified atom stereocenters. The van der Waals surface area contributed by atoms with Crippen molar-refractivity contribution in [3.05, 3.63) is 9.66 Å². The number of hydrogen-bond donors (Lipinski definition) is 0. The van der Waals surface area contributed by atoms with Crippen molar-refractivity contribution in [2.24, 2.45) is 0 Å². The molecule has 0 aromatic rings. The van der Waals surface area contributed by atoms with Gasteiger partial charge in [-0.25, -0.2) is 0 Å². The second kappa shape index (κ2) is 6.27. The molecule has 0 aromatic carbocycles. The molecule has 0 aliphatic rings. The van der Waals surface area contributed by atoms with Crippen molar-refractivity contribution in [1.82, 2.24) is 0 Å². The third kappa shape index (κ3) is 5.94. The number of allylic oxidation sites excluding steroid dienone is 2. The average Bonchev–Trinajstić information content (AvgIpc) is 2.01. The molecule has 0 radical (unpaired) electrons. The summed E-state index contributed by atoms with van der Waals surface area (Å²) in [6.45, 7) is 1.96. The summed E-state index contributed by atoms with van der Waals surface area (Å²) in [6.07, 6.45) is 2.95. The van der Waals surface area contributed by atoms with E-state index in [0.29, 0.717) is 6.42 Å². The molecule has 0 rings (SSSR count). The lowest BCUT2D eigenvalue weighted by atomic mass is 10.2. The molecule has 0 nitrogen and oxygen atoms in total. The minimum absolute atomic E-state index is 0.214. The van der Waals surface area contributed by atoms with Crippen molar-refractivity contribution in [1.29, 1.82) is 0 Å². The Balaban J connectivity index is 4.27. The van der Waals surface area contributed by atoms with E-state index in [-0.39, 0.29) is 3.58 Å². The minimum Gasteiger partial charge on any atom is -0.198 e. The maximum atomic E-state index is 12.8. The average molecular weight is 359 g/mol. The molecule has 90 valence electrons. The van der Waals surface area contributed by atoms with Gasteiger partial charge in [0, 0.05) is 6.42 Å². The van der Waals surface area contributed by atoms with Gasteiger partial charge in [0.1, 0.15) is 0 Å². The van der Waals surface area contributed by atoms with Crippen LogP contribution in [0, 0.1) is 0 Å². The summed E-state index contributed by atoms with van der Waals surface area (Å²) in [5.74, 6) is -4.19. The smallest absolute Gasteiger partial charge is 0.198 e. The predicted octanol–water partition coefficient (Wildman–Crippen LogP) is 5.35. The lowest BCUT2D eigenvalue weighted by molar-refractivity contribution is -0.154. The first-order valence-corrected chi connectivity index (χ1v) is 5.95. The van der Waals surface area contributed by atoms with Crippen LogP contribution in [0.1, 0.15) is 32.6 Å². The Morgan fingerprint density at radius 2 is 1.87 bits per heavy atom. The van der Waals surface area contributed by atoms with Crippen molar-refractivity contribution in [2.45, 2.75) is 43.9 Å². The molecule has 0 saturated heterocycles. The van der Waals surface area contributed by atoms with Crippen molar-refractivity contribution >= 4 is 34.2 Å². The van der Waals surface area contributed by atoms with Gasteiger partial charge >= 0.3 is 11.3 Å². The highest BCUT2D eigenvalue weighted by Gasteiger charge is 2.54. The topological polar surface area (TPSA) is 0 Å². The van der Waals surface area contributed by atoms with E-state index < -0.39 is 17.7 Å². The molecular formula is C9H12ClF4I. The second-order valence-corrected chi connectivity index (χ2v) is 5.03. The van der Waals surface area contributed by atoms with Crippen LogP contribution >= 0.6 is 34.2 Å². The van der Waals surface area contributed by atoms with Crippen LogP contribution < -0.4 is 0 Å². The summed E-state index contributed by atoms with van der Waals surface area (Å²) in [4.78, 5) is 0. The van der Waals surface area contributed by atoms with Crippen molar-refractivity contribution < 1.29 is 17.6 Å². The van der Waals surface area contributed by atoms with E-state index in [1.807, 2.05) is 6.92 Å². The molecule has 0 spiro atoms. The zero-order valence-corrected chi connectivity index (χ0v) is 11.1. The zero-order chi connectivity index (χ0) is 12.1. The number of halogens is 6. The van der Waals surface area contributed by atoms with Crippen LogP contribution in [0.2, 0.25) is 0 Å². The highest BCUT2D eigenvalue weighted by molar-refractivity contribution is 14.1. The SMILES string of the molecule is CCCC/C=C(\I)CC(F)(F)C(F)(F)Cl. The molecule has 0 bridgehead atoms. The zero-order valence-electron chi connectivity index (χ0n) is 8.17. The number of rotatable bonds is 6. The molecular weight excluding hydrogens is 346 g/mol. The molecule has 0 aliphatic heterocycles. The fraction of sp³-hybridized carbons (Fsp3) is 0.778. The lowest BCUT2D eigenvalue weighted by Crippen LogP contribution is -2.35. The highest BCUT2D eigenvalue weighted by atomic mass is 127. The van der Waals surface area contributed by atoms with Crippen LogP contribution in [-0.4, -0.2) is 11.3 Å². The standard InChI is InChI=1S/C9H12ClF4I/c1-2-3-4-5-7(15)6-8(11,12)9(10,13)14/h5H,2-4,6H2,1H3/b7-5-. The molecule has 0 atom stereocenters. The van der Waals surface area contributed by atoms with Crippen LogP contribution in [0.3, 0.4) is 0 Å². The van der Waals surface area contributed by atoms with Crippen molar-refractivity contribution in [2.75, 3.05) is 0 Å². The van der Waals surface area contributed by atoms with E-state index in [0.717, 1.165) is 12.8 Å². The van der Waals surface area contributed by atoms with E-state index in [9.17, 15) is 17.6 Å². The van der Waals surface area contributed by atoms with Gasteiger partial charge < -0.3 is 0 Å². The molecule has 0 saturated carbocycles. The van der Waals surface area contributed by atoms with Crippen LogP contribution in [0.4, 0.5) is 17.6 Å². The van der Waals surface area contributed by atoms with E-state index in [1.165, 1.54) is 0 Å². The molecule has 0 N–H and O–H groups in total. The lowest BCUT2D eigenvalue weighted by Gasteiger charge is -2.20. The number of unbranched alkanes of at least 4 members (excludes halogenated alkanes) is 2. The first kappa shape index (κ1) is 15.5. The summed E-state index contributed by atoms with van der Waals surface area (Å²) < 4.78 is 50.2. The largest absolute Gasteiger partial charge is 0.384 e. The normalized spacial score (nSPS) is 14.5. The van der Waals surface area contributed by atoms with Gasteiger partial charge in [0.15, 0.2) is 0 Å². The fourth-order valence-corrected chi connectivity index (χ4v) is 1.70. The Morgan fingerprint density at radius 1 is 1.33 bits per heavy atom. The van der Waals surface area contributed by atoms with Crippen molar-refractivity contribution in [3.8, 4) is 0 Å². The Morgan fingerprint density at radius 3 is 2.27 bits per heavy atom. The fourth-order valence-electron chi connectivity index (χ4n) is 0.847. The molecule has 6 heteroatoms. The maximum absolute atomic E-state index is 12.8. The van der Waals surface area contributed by atoms with Gasteiger partial charge in [-0.3, -0.25) is 0 Å². The summed E-state index contributed by atoms with van der Waals surface area (Å²) in [5, 5.41) is -4.48. The molecule has 15 heavy (non-hydrogen) atoms. The minimum atomic E-state index is -4.48. The Kier molecular flexibility index (Phi) is 6.47. The second-order valence-electron chi connectivity index (χ2n) is 3.17. The molecule has 0 heterocycles. The van der Waals surface area contributed by atoms with E-state index in [1.54, 1.807) is 28.7 Å². The third-order valence-corrected chi connectivity index (χ3v) is 2.83. The van der Waals surface area contributed by atoms with E-state index in [4.69, 9.17) is 0 Å². The van der Waals surface area contributed by atoms with Gasteiger partial charge in [-0.2, -0.15) is 17.6 Å². The number of alkyl halides is 5. The van der Waals surface area contributed by atoms with E-state index >= 15 is 0 Å². The van der Waals surface area contributed by atoms with Gasteiger partial charge in [-0.1, -0.05) is 25.8 Å². The van der Waals surface area contributed by atoms with Crippen LogP contribution in [0.25, 0.3) is 0 Å². The van der Waals surface area contributed by atoms with Gasteiger partial charge in [0.05, 0.1) is 0 Å². The quantitative estimate of drug-likeness (QED) is 0.260. The molecule has 0 aliphatic carbocycles. The molecule has 0 amide bonds. The van der Waals surface area contributed by atoms with Crippen molar-refractivity contribution in [3.63, 3.8) is 0 Å². The Bertz CT molecular complexity index is 223. The highest BCUT2D eigenvalue weighted by Crippen LogP contribution is 2.42. The predicted molar refractivity (Wildman–Crippen MR) is 62.0 cm³/mol.